The van der Waals surface area contributed by atoms with E-state index in [1.807, 2.05) is 5.32 Å². The van der Waals surface area contributed by atoms with Gasteiger partial charge in [0.05, 0.1) is 6.42 Å². The van der Waals surface area contributed by atoms with Crippen molar-refractivity contribution < 1.29 is 67.2 Å². The van der Waals surface area contributed by atoms with Gasteiger partial charge in [-0.1, -0.05) is 0 Å². The molecule has 1 heterocycles. The zero-order valence-corrected chi connectivity index (χ0v) is 11.9. The summed E-state index contributed by atoms with van der Waals surface area (Å²) in [6, 6.07) is 0. The predicted octanol–water partition coefficient (Wildman–Crippen LogP) is 0.694. The molecule has 148 valence electrons. The second-order valence-corrected chi connectivity index (χ2v) is 5.73. The molecular formula is C8H6F9NO6S. The molecule has 1 aliphatic heterocycles. The Morgan fingerprint density at radius 2 is 1.32 bits per heavy atom. The first-order chi connectivity index (χ1) is 10.7. The van der Waals surface area contributed by atoms with Gasteiger partial charge in [-0.05, 0) is 0 Å². The summed E-state index contributed by atoms with van der Waals surface area (Å²) >= 11 is 0. The van der Waals surface area contributed by atoms with E-state index < -0.39 is 51.3 Å². The van der Waals surface area contributed by atoms with E-state index in [4.69, 9.17) is 9.66 Å². The van der Waals surface area contributed by atoms with Crippen LogP contribution in [0.1, 0.15) is 6.42 Å². The van der Waals surface area contributed by atoms with Crippen LogP contribution >= 0.6 is 0 Å². The van der Waals surface area contributed by atoms with Crippen LogP contribution in [-0.4, -0.2) is 59.3 Å². The number of nitrogens with one attached hydrogen (secondary N) is 1. The first-order valence-electron chi connectivity index (χ1n) is 5.39. The van der Waals surface area contributed by atoms with E-state index in [2.05, 4.69) is 0 Å². The summed E-state index contributed by atoms with van der Waals surface area (Å²) in [5.41, 5.74) is 0. The van der Waals surface area contributed by atoms with Crippen molar-refractivity contribution in [3.63, 3.8) is 0 Å². The lowest BCUT2D eigenvalue weighted by molar-refractivity contribution is -0.382. The third kappa shape index (κ3) is 4.32. The molecule has 1 unspecified atom stereocenters. The number of rotatable bonds is 3. The number of hydrogen-bond acceptors (Lipinski definition) is 5. The van der Waals surface area contributed by atoms with E-state index >= 15 is 0 Å². The van der Waals surface area contributed by atoms with Gasteiger partial charge in [0.15, 0.2) is 0 Å². The molecule has 25 heavy (non-hydrogen) atoms. The number of alkyl halides is 9. The first-order valence-corrected chi connectivity index (χ1v) is 6.83. The molecule has 0 aromatic rings. The highest BCUT2D eigenvalue weighted by Crippen LogP contribution is 2.54. The van der Waals surface area contributed by atoms with Gasteiger partial charge >= 0.3 is 33.4 Å². The normalized spacial score (nSPS) is 20.0. The van der Waals surface area contributed by atoms with E-state index in [1.54, 1.807) is 0 Å². The lowest BCUT2D eigenvalue weighted by atomic mass is 10.1. The van der Waals surface area contributed by atoms with Crippen molar-refractivity contribution >= 4 is 21.9 Å². The van der Waals surface area contributed by atoms with Crippen LogP contribution in [0.3, 0.4) is 0 Å². The molecule has 1 rings (SSSR count). The highest BCUT2D eigenvalue weighted by atomic mass is 32.2. The van der Waals surface area contributed by atoms with Crippen LogP contribution in [0.25, 0.3) is 0 Å². The van der Waals surface area contributed by atoms with Crippen LogP contribution in [0.2, 0.25) is 0 Å². The minimum atomic E-state index is -7.37. The molecule has 0 radical (unpaired) electrons. The largest absolute Gasteiger partial charge is 0.460 e. The van der Waals surface area contributed by atoms with Gasteiger partial charge in [-0.3, -0.25) is 19.5 Å². The quantitative estimate of drug-likeness (QED) is 0.355. The second kappa shape index (κ2) is 6.60. The Morgan fingerprint density at radius 3 is 1.48 bits per heavy atom. The zero-order valence-electron chi connectivity index (χ0n) is 11.1. The van der Waals surface area contributed by atoms with E-state index in [9.17, 15) is 57.5 Å². The van der Waals surface area contributed by atoms with Crippen molar-refractivity contribution in [2.24, 2.45) is 0 Å². The molecule has 1 atom stereocenters. The molecule has 0 aromatic heterocycles. The van der Waals surface area contributed by atoms with E-state index in [0.29, 0.717) is 0 Å². The molecule has 7 nitrogen and oxygen atoms in total. The summed E-state index contributed by atoms with van der Waals surface area (Å²) in [6.45, 7) is 0. The minimum Gasteiger partial charge on any atom is -0.383 e. The predicted molar refractivity (Wildman–Crippen MR) is 56.2 cm³/mol. The zero-order chi connectivity index (χ0) is 20.6. The fourth-order valence-electron chi connectivity index (χ4n) is 1.06. The monoisotopic (exact) mass is 415 g/mol. The highest BCUT2D eigenvalue weighted by molar-refractivity contribution is 7.87. The fraction of sp³-hybridized carbons (Fsp3) is 0.750. The summed E-state index contributed by atoms with van der Waals surface area (Å²) in [5.74, 6) is -15.7. The van der Waals surface area contributed by atoms with Crippen LogP contribution in [-0.2, 0) is 19.7 Å². The molecule has 2 amide bonds. The summed E-state index contributed by atoms with van der Waals surface area (Å²) in [5, 5.41) is 3.47. The molecule has 1 fully saturated rings. The molecule has 3 N–H and O–H groups in total. The maximum atomic E-state index is 12.2. The van der Waals surface area contributed by atoms with E-state index in [-0.39, 0.29) is 6.42 Å². The van der Waals surface area contributed by atoms with Gasteiger partial charge < -0.3 is 5.11 Å². The van der Waals surface area contributed by atoms with Crippen LogP contribution in [0.15, 0.2) is 0 Å². The van der Waals surface area contributed by atoms with Crippen molar-refractivity contribution in [3.05, 3.63) is 0 Å². The second-order valence-electron chi connectivity index (χ2n) is 4.27. The van der Waals surface area contributed by atoms with Crippen molar-refractivity contribution in [1.82, 2.24) is 5.32 Å². The lowest BCUT2D eigenvalue weighted by Gasteiger charge is -2.31. The number of hydrogen-bond donors (Lipinski definition) is 3. The lowest BCUT2D eigenvalue weighted by Crippen LogP contribution is -2.63. The Hall–Kier alpha value is -1.62. The number of aliphatic hydroxyl groups excluding tert-OH is 1. The molecule has 0 aromatic carbocycles. The van der Waals surface area contributed by atoms with Gasteiger partial charge in [0.1, 0.15) is 6.10 Å². The molecule has 0 spiro atoms. The third-order valence-corrected chi connectivity index (χ3v) is 3.29. The van der Waals surface area contributed by atoms with E-state index in [0.717, 1.165) is 0 Å². The molecule has 0 saturated carbocycles. The summed E-state index contributed by atoms with van der Waals surface area (Å²) < 4.78 is 134. The Balaban J connectivity index is 0.000000593. The van der Waals surface area contributed by atoms with Crippen molar-refractivity contribution in [2.45, 2.75) is 35.8 Å². The number of carbonyl (C=O) groups excluding carboxylic acids is 2. The van der Waals surface area contributed by atoms with Gasteiger partial charge in [-0.25, -0.2) is 0 Å². The van der Waals surface area contributed by atoms with Gasteiger partial charge in [-0.15, -0.1) is 0 Å². The van der Waals surface area contributed by atoms with Gasteiger partial charge in [-0.2, -0.15) is 47.9 Å². The van der Waals surface area contributed by atoms with Crippen molar-refractivity contribution in [3.8, 4) is 0 Å². The number of halogens is 9. The number of amides is 2. The van der Waals surface area contributed by atoms with Crippen LogP contribution < -0.4 is 5.32 Å². The smallest absolute Gasteiger partial charge is 0.383 e. The fourth-order valence-corrected chi connectivity index (χ4v) is 1.51. The van der Waals surface area contributed by atoms with Gasteiger partial charge in [0, 0.05) is 0 Å². The van der Waals surface area contributed by atoms with Gasteiger partial charge in [0.2, 0.25) is 5.91 Å². The standard InChI is InChI=1S/C4HF9O3S.C4H5NO3/c5-1(6,3(9,10)11)2(7,8)4(12,13)17(14,15)16;6-2-1-3(7)5-4(2)8/h(H,14,15,16);2,6H,1H2,(H,5,7,8). The van der Waals surface area contributed by atoms with Crippen LogP contribution in [0.5, 0.6) is 0 Å². The number of carbonyl (C=O) groups is 2. The summed E-state index contributed by atoms with van der Waals surface area (Å²) in [7, 11) is -7.17. The molecule has 1 saturated heterocycles. The number of imide groups is 1. The molecule has 17 heteroatoms. The minimum absolute atomic E-state index is 0.0845. The Bertz CT molecular complexity index is 643. The third-order valence-electron chi connectivity index (χ3n) is 2.38. The molecule has 0 bridgehead atoms. The number of aliphatic hydroxyl groups is 1. The average molecular weight is 415 g/mol. The Kier molecular flexibility index (Phi) is 6.17. The van der Waals surface area contributed by atoms with Crippen LogP contribution in [0, 0.1) is 0 Å². The van der Waals surface area contributed by atoms with Crippen molar-refractivity contribution in [1.29, 1.82) is 0 Å². The average Bonchev–Trinajstić information content (AvgIpc) is 2.63. The van der Waals surface area contributed by atoms with Crippen molar-refractivity contribution in [2.75, 3.05) is 0 Å². The maximum absolute atomic E-state index is 12.2. The molecular weight excluding hydrogens is 409 g/mol. The van der Waals surface area contributed by atoms with Gasteiger partial charge in [0.25, 0.3) is 5.91 Å². The summed E-state index contributed by atoms with van der Waals surface area (Å²) in [6.07, 6.45) is -8.33. The molecule has 1 aliphatic rings. The first kappa shape index (κ1) is 23.4. The summed E-state index contributed by atoms with van der Waals surface area (Å²) in [4.78, 5) is 20.4. The van der Waals surface area contributed by atoms with E-state index in [1.165, 1.54) is 0 Å². The van der Waals surface area contributed by atoms with Crippen LogP contribution in [0.4, 0.5) is 39.5 Å². The maximum Gasteiger partial charge on any atom is 0.460 e. The SMILES string of the molecule is O=C1CC(O)C(=O)N1.O=S(=O)(O)C(F)(F)C(F)(F)C(F)(F)C(F)(F)F. The highest BCUT2D eigenvalue weighted by Gasteiger charge is 2.85. The molecule has 0 aliphatic carbocycles. The Labute approximate surface area is 131 Å². The Morgan fingerprint density at radius 1 is 0.920 bits per heavy atom. The topological polar surface area (TPSA) is 121 Å².